The first-order valence-corrected chi connectivity index (χ1v) is 5.21. The molecule has 1 rings (SSSR count). The third-order valence-electron chi connectivity index (χ3n) is 2.08. The number of nitrogens with two attached hydrogens (primary N) is 1. The number of aliphatic hydroxyl groups excluding tert-OH is 1. The summed E-state index contributed by atoms with van der Waals surface area (Å²) >= 11 is 0. The fourth-order valence-corrected chi connectivity index (χ4v) is 1.22. The van der Waals surface area contributed by atoms with Gasteiger partial charge in [-0.3, -0.25) is 0 Å². The quantitative estimate of drug-likeness (QED) is 0.595. The van der Waals surface area contributed by atoms with E-state index in [2.05, 4.69) is 22.2 Å². The van der Waals surface area contributed by atoms with Crippen molar-refractivity contribution in [3.8, 4) is 0 Å². The van der Waals surface area contributed by atoms with Crippen molar-refractivity contribution < 1.29 is 5.11 Å². The average molecular weight is 210 g/mol. The Labute approximate surface area is 89.7 Å². The largest absolute Gasteiger partial charge is 0.385 e. The van der Waals surface area contributed by atoms with Crippen LogP contribution in [0.15, 0.2) is 12.3 Å². The van der Waals surface area contributed by atoms with Gasteiger partial charge in [0.1, 0.15) is 6.10 Å². The Kier molecular flexibility index (Phi) is 5.00. The molecule has 0 radical (unpaired) electrons. The highest BCUT2D eigenvalue weighted by Crippen LogP contribution is 2.08. The minimum absolute atomic E-state index is 0.195. The molecule has 84 valence electrons. The van der Waals surface area contributed by atoms with E-state index in [1.807, 2.05) is 0 Å². The number of nitrogen functional groups attached to an aromatic ring is 1. The molecule has 1 heterocycles. The number of aromatic nitrogens is 2. The van der Waals surface area contributed by atoms with Gasteiger partial charge in [-0.15, -0.1) is 0 Å². The molecule has 0 bridgehead atoms. The molecule has 0 aliphatic rings. The monoisotopic (exact) mass is 210 g/mol. The van der Waals surface area contributed by atoms with E-state index in [9.17, 15) is 5.11 Å². The summed E-state index contributed by atoms with van der Waals surface area (Å²) < 4.78 is 0. The number of hydrogen-bond donors (Lipinski definition) is 3. The number of anilines is 1. The topological polar surface area (TPSA) is 84.1 Å². The molecule has 0 spiro atoms. The number of nitrogens with one attached hydrogen (secondary N) is 1. The summed E-state index contributed by atoms with van der Waals surface area (Å²) in [6, 6.07) is 1.67. The zero-order chi connectivity index (χ0) is 11.1. The van der Waals surface area contributed by atoms with Crippen LogP contribution in [-0.4, -0.2) is 28.2 Å². The normalized spacial score (nSPS) is 12.7. The van der Waals surface area contributed by atoms with Crippen molar-refractivity contribution in [2.75, 3.05) is 18.8 Å². The molecule has 1 unspecified atom stereocenters. The van der Waals surface area contributed by atoms with Crippen LogP contribution in [0.4, 0.5) is 5.95 Å². The van der Waals surface area contributed by atoms with Gasteiger partial charge in [-0.05, 0) is 19.0 Å². The second-order valence-electron chi connectivity index (χ2n) is 3.41. The number of aliphatic hydroxyl groups is 1. The standard InChI is InChI=1S/C10H18N4O/c1-2-3-5-12-7-9(15)8-4-6-13-10(11)14-8/h4,6,9,12,15H,2-3,5,7H2,1H3,(H2,11,13,14). The van der Waals surface area contributed by atoms with Gasteiger partial charge < -0.3 is 16.2 Å². The lowest BCUT2D eigenvalue weighted by Crippen LogP contribution is -2.23. The molecule has 4 N–H and O–H groups in total. The zero-order valence-corrected chi connectivity index (χ0v) is 8.98. The summed E-state index contributed by atoms with van der Waals surface area (Å²) in [6.07, 6.45) is 3.18. The van der Waals surface area contributed by atoms with Gasteiger partial charge >= 0.3 is 0 Å². The molecule has 0 aromatic carbocycles. The van der Waals surface area contributed by atoms with Crippen molar-refractivity contribution in [2.24, 2.45) is 0 Å². The summed E-state index contributed by atoms with van der Waals surface area (Å²) in [7, 11) is 0. The van der Waals surface area contributed by atoms with E-state index >= 15 is 0 Å². The molecule has 0 aliphatic heterocycles. The summed E-state index contributed by atoms with van der Waals surface area (Å²) in [4.78, 5) is 7.72. The molecule has 5 heteroatoms. The van der Waals surface area contributed by atoms with Crippen molar-refractivity contribution in [2.45, 2.75) is 25.9 Å². The van der Waals surface area contributed by atoms with Gasteiger partial charge in [0, 0.05) is 12.7 Å². The lowest BCUT2D eigenvalue weighted by Gasteiger charge is -2.10. The highest BCUT2D eigenvalue weighted by atomic mass is 16.3. The summed E-state index contributed by atoms with van der Waals surface area (Å²) in [6.45, 7) is 3.54. The molecule has 1 atom stereocenters. The Balaban J connectivity index is 2.36. The van der Waals surface area contributed by atoms with Crippen LogP contribution in [0.1, 0.15) is 31.6 Å². The fraction of sp³-hybridized carbons (Fsp3) is 0.600. The van der Waals surface area contributed by atoms with E-state index in [4.69, 9.17) is 5.73 Å². The highest BCUT2D eigenvalue weighted by Gasteiger charge is 2.08. The van der Waals surface area contributed by atoms with E-state index in [1.165, 1.54) is 0 Å². The third-order valence-corrected chi connectivity index (χ3v) is 2.08. The number of rotatable bonds is 6. The maximum absolute atomic E-state index is 9.74. The van der Waals surface area contributed by atoms with Gasteiger partial charge in [-0.2, -0.15) is 0 Å². The first kappa shape index (κ1) is 11.9. The first-order chi connectivity index (χ1) is 7.24. The molecule has 5 nitrogen and oxygen atoms in total. The van der Waals surface area contributed by atoms with E-state index in [-0.39, 0.29) is 5.95 Å². The van der Waals surface area contributed by atoms with Crippen LogP contribution in [-0.2, 0) is 0 Å². The molecule has 0 aliphatic carbocycles. The van der Waals surface area contributed by atoms with Crippen molar-refractivity contribution >= 4 is 5.95 Å². The molecule has 0 amide bonds. The van der Waals surface area contributed by atoms with E-state index in [0.717, 1.165) is 19.4 Å². The number of unbranched alkanes of at least 4 members (excludes halogenated alkanes) is 1. The SMILES string of the molecule is CCCCNCC(O)c1ccnc(N)n1. The molecule has 0 saturated carbocycles. The third kappa shape index (κ3) is 4.22. The van der Waals surface area contributed by atoms with Gasteiger partial charge in [-0.25, -0.2) is 9.97 Å². The smallest absolute Gasteiger partial charge is 0.220 e. The summed E-state index contributed by atoms with van der Waals surface area (Å²) in [5, 5.41) is 12.9. The molecule has 15 heavy (non-hydrogen) atoms. The molecular weight excluding hydrogens is 192 g/mol. The van der Waals surface area contributed by atoms with Crippen LogP contribution < -0.4 is 11.1 Å². The first-order valence-electron chi connectivity index (χ1n) is 5.21. The highest BCUT2D eigenvalue weighted by molar-refractivity contribution is 5.18. The lowest BCUT2D eigenvalue weighted by atomic mass is 10.2. The summed E-state index contributed by atoms with van der Waals surface area (Å²) in [5.74, 6) is 0.195. The van der Waals surface area contributed by atoms with Gasteiger partial charge in [0.25, 0.3) is 0 Å². The Morgan fingerprint density at radius 2 is 2.40 bits per heavy atom. The predicted octanol–water partition coefficient (Wildman–Crippen LogP) is 0.482. The van der Waals surface area contributed by atoms with Crippen LogP contribution in [0.3, 0.4) is 0 Å². The van der Waals surface area contributed by atoms with Gasteiger partial charge in [0.05, 0.1) is 5.69 Å². The minimum atomic E-state index is -0.618. The van der Waals surface area contributed by atoms with Gasteiger partial charge in [0.15, 0.2) is 0 Å². The molecule has 1 aromatic heterocycles. The van der Waals surface area contributed by atoms with Crippen LogP contribution >= 0.6 is 0 Å². The molecule has 0 fully saturated rings. The average Bonchev–Trinajstić information content (AvgIpc) is 2.24. The minimum Gasteiger partial charge on any atom is -0.385 e. The second-order valence-corrected chi connectivity index (χ2v) is 3.41. The zero-order valence-electron chi connectivity index (χ0n) is 8.98. The van der Waals surface area contributed by atoms with Crippen molar-refractivity contribution in [3.05, 3.63) is 18.0 Å². The van der Waals surface area contributed by atoms with Crippen LogP contribution in [0.5, 0.6) is 0 Å². The maximum atomic E-state index is 9.74. The fourth-order valence-electron chi connectivity index (χ4n) is 1.22. The second kappa shape index (κ2) is 6.31. The number of hydrogen-bond acceptors (Lipinski definition) is 5. The van der Waals surface area contributed by atoms with Gasteiger partial charge in [-0.1, -0.05) is 13.3 Å². The Hall–Kier alpha value is -1.20. The Morgan fingerprint density at radius 3 is 3.07 bits per heavy atom. The van der Waals surface area contributed by atoms with Crippen LogP contribution in [0.25, 0.3) is 0 Å². The van der Waals surface area contributed by atoms with Crippen molar-refractivity contribution in [1.82, 2.24) is 15.3 Å². The number of nitrogens with zero attached hydrogens (tertiary/aromatic N) is 2. The van der Waals surface area contributed by atoms with Crippen LogP contribution in [0, 0.1) is 0 Å². The lowest BCUT2D eigenvalue weighted by molar-refractivity contribution is 0.170. The van der Waals surface area contributed by atoms with Gasteiger partial charge in [0.2, 0.25) is 5.95 Å². The predicted molar refractivity (Wildman–Crippen MR) is 59.2 cm³/mol. The van der Waals surface area contributed by atoms with Crippen molar-refractivity contribution in [1.29, 1.82) is 0 Å². The Bertz CT molecular complexity index is 293. The Morgan fingerprint density at radius 1 is 1.60 bits per heavy atom. The van der Waals surface area contributed by atoms with Crippen LogP contribution in [0.2, 0.25) is 0 Å². The van der Waals surface area contributed by atoms with Crippen molar-refractivity contribution in [3.63, 3.8) is 0 Å². The molecule has 1 aromatic rings. The summed E-state index contributed by atoms with van der Waals surface area (Å²) in [5.41, 5.74) is 5.98. The molecule has 0 saturated heterocycles. The van der Waals surface area contributed by atoms with E-state index < -0.39 is 6.10 Å². The maximum Gasteiger partial charge on any atom is 0.220 e. The van der Waals surface area contributed by atoms with E-state index in [1.54, 1.807) is 12.3 Å². The molecular formula is C10H18N4O. The van der Waals surface area contributed by atoms with E-state index in [0.29, 0.717) is 12.2 Å².